The van der Waals surface area contributed by atoms with Gasteiger partial charge in [0, 0.05) is 11.1 Å². The van der Waals surface area contributed by atoms with Gasteiger partial charge in [0.25, 0.3) is 0 Å². The van der Waals surface area contributed by atoms with Gasteiger partial charge in [0.15, 0.2) is 0 Å². The van der Waals surface area contributed by atoms with Gasteiger partial charge < -0.3 is 16.2 Å². The molecule has 0 bridgehead atoms. The van der Waals surface area contributed by atoms with Crippen molar-refractivity contribution in [3.8, 4) is 11.3 Å². The molecule has 0 unspecified atom stereocenters. The van der Waals surface area contributed by atoms with Crippen molar-refractivity contribution >= 4 is 23.3 Å². The molecule has 0 fully saturated rings. The molecular weight excluding hydrogens is 366 g/mol. The molecule has 0 aliphatic carbocycles. The maximum atomic E-state index is 11.7. The van der Waals surface area contributed by atoms with E-state index >= 15 is 0 Å². The lowest BCUT2D eigenvalue weighted by Gasteiger charge is -2.16. The van der Waals surface area contributed by atoms with Crippen LogP contribution in [0.2, 0.25) is 0 Å². The number of anilines is 2. The fourth-order valence-corrected chi connectivity index (χ4v) is 3.37. The van der Waals surface area contributed by atoms with Gasteiger partial charge in [-0.05, 0) is 61.2 Å². The van der Waals surface area contributed by atoms with Crippen molar-refractivity contribution in [1.29, 1.82) is 0 Å². The number of aromatic nitrogens is 1. The molecular formula is C23H23N3O3. The van der Waals surface area contributed by atoms with Crippen LogP contribution in [0.25, 0.3) is 11.3 Å². The number of hydrogen-bond acceptors (Lipinski definition) is 4. The van der Waals surface area contributed by atoms with Gasteiger partial charge in [-0.1, -0.05) is 25.1 Å². The molecule has 0 saturated heterocycles. The number of aromatic carboxylic acids is 1. The smallest absolute Gasteiger partial charge is 0.337 e. The molecule has 0 radical (unpaired) electrons. The van der Waals surface area contributed by atoms with Gasteiger partial charge in [0.05, 0.1) is 28.8 Å². The number of amides is 1. The first-order valence-electron chi connectivity index (χ1n) is 9.31. The second-order valence-corrected chi connectivity index (χ2v) is 6.96. The molecule has 148 valence electrons. The van der Waals surface area contributed by atoms with E-state index in [1.54, 1.807) is 30.5 Å². The molecule has 1 heterocycles. The quantitative estimate of drug-likeness (QED) is 0.577. The third-order valence-corrected chi connectivity index (χ3v) is 4.74. The number of rotatable bonds is 6. The second kappa shape index (κ2) is 8.14. The predicted molar refractivity (Wildman–Crippen MR) is 114 cm³/mol. The number of carbonyl (C=O) groups excluding carboxylic acids is 1. The number of carbonyl (C=O) groups is 2. The molecule has 0 aliphatic heterocycles. The van der Waals surface area contributed by atoms with Gasteiger partial charge in [-0.25, -0.2) is 4.79 Å². The van der Waals surface area contributed by atoms with Crippen LogP contribution in [-0.4, -0.2) is 22.0 Å². The van der Waals surface area contributed by atoms with Crippen molar-refractivity contribution in [3.63, 3.8) is 0 Å². The highest BCUT2D eigenvalue weighted by Crippen LogP contribution is 2.30. The summed E-state index contributed by atoms with van der Waals surface area (Å²) in [6.07, 6.45) is 2.36. The van der Waals surface area contributed by atoms with E-state index in [2.05, 4.69) is 10.3 Å². The number of benzene rings is 2. The normalized spacial score (nSPS) is 10.6. The Morgan fingerprint density at radius 2 is 1.90 bits per heavy atom. The number of aryl methyl sites for hydroxylation is 3. The van der Waals surface area contributed by atoms with E-state index in [1.165, 1.54) is 0 Å². The van der Waals surface area contributed by atoms with E-state index in [0.29, 0.717) is 23.4 Å². The summed E-state index contributed by atoms with van der Waals surface area (Å²) in [5, 5.41) is 12.8. The van der Waals surface area contributed by atoms with Gasteiger partial charge in [-0.3, -0.25) is 9.78 Å². The fraction of sp³-hybridized carbons (Fsp3) is 0.174. The topological polar surface area (TPSA) is 105 Å². The number of primary amides is 1. The second-order valence-electron chi connectivity index (χ2n) is 6.96. The Kier molecular flexibility index (Phi) is 5.64. The number of carboxylic acids is 1. The number of carboxylic acid groups (broad SMARTS) is 1. The Morgan fingerprint density at radius 3 is 2.52 bits per heavy atom. The molecule has 3 aromatic rings. The Bertz CT molecular complexity index is 1110. The minimum Gasteiger partial charge on any atom is -0.478 e. The van der Waals surface area contributed by atoms with Gasteiger partial charge >= 0.3 is 5.97 Å². The third kappa shape index (κ3) is 4.27. The molecule has 1 amide bonds. The average Bonchev–Trinajstić information content (AvgIpc) is 2.69. The van der Waals surface area contributed by atoms with E-state index < -0.39 is 11.9 Å². The van der Waals surface area contributed by atoms with Crippen molar-refractivity contribution in [2.24, 2.45) is 5.73 Å². The highest BCUT2D eigenvalue weighted by Gasteiger charge is 2.16. The highest BCUT2D eigenvalue weighted by atomic mass is 16.4. The largest absolute Gasteiger partial charge is 0.478 e. The van der Waals surface area contributed by atoms with Gasteiger partial charge in [-0.15, -0.1) is 0 Å². The highest BCUT2D eigenvalue weighted by molar-refractivity contribution is 5.96. The van der Waals surface area contributed by atoms with Crippen LogP contribution in [-0.2, 0) is 6.42 Å². The van der Waals surface area contributed by atoms with Crippen LogP contribution in [0.5, 0.6) is 0 Å². The summed E-state index contributed by atoms with van der Waals surface area (Å²) < 4.78 is 0. The maximum Gasteiger partial charge on any atom is 0.337 e. The summed E-state index contributed by atoms with van der Waals surface area (Å²) >= 11 is 0. The zero-order valence-electron chi connectivity index (χ0n) is 16.6. The van der Waals surface area contributed by atoms with Crippen LogP contribution in [0.3, 0.4) is 0 Å². The maximum absolute atomic E-state index is 11.7. The summed E-state index contributed by atoms with van der Waals surface area (Å²) in [5.41, 5.74) is 11.5. The first-order valence-corrected chi connectivity index (χ1v) is 9.31. The zero-order valence-corrected chi connectivity index (χ0v) is 16.6. The monoisotopic (exact) mass is 389 g/mol. The van der Waals surface area contributed by atoms with E-state index in [0.717, 1.165) is 27.9 Å². The Hall–Kier alpha value is -3.67. The Labute approximate surface area is 169 Å². The Morgan fingerprint density at radius 1 is 1.14 bits per heavy atom. The van der Waals surface area contributed by atoms with Gasteiger partial charge in [0.2, 0.25) is 5.91 Å². The lowest BCUT2D eigenvalue weighted by molar-refractivity contribution is 0.0697. The molecule has 0 atom stereocenters. The summed E-state index contributed by atoms with van der Waals surface area (Å²) in [5.74, 6) is -1.47. The van der Waals surface area contributed by atoms with Crippen LogP contribution in [0.1, 0.15) is 44.3 Å². The van der Waals surface area contributed by atoms with Crippen LogP contribution >= 0.6 is 0 Å². The molecule has 0 spiro atoms. The first kappa shape index (κ1) is 20.1. The summed E-state index contributed by atoms with van der Waals surface area (Å²) in [6, 6.07) is 12.6. The minimum absolute atomic E-state index is 0.234. The lowest BCUT2D eigenvalue weighted by Crippen LogP contribution is -2.10. The van der Waals surface area contributed by atoms with Crippen LogP contribution < -0.4 is 11.1 Å². The SMILES string of the molecule is CCc1cc(C)cc(C(=O)O)c1Nc1cnc(-c2cccc(C(N)=O)c2)c(C)c1. The van der Waals surface area contributed by atoms with E-state index in [-0.39, 0.29) is 5.56 Å². The number of nitrogens with zero attached hydrogens (tertiary/aromatic N) is 1. The molecule has 6 nitrogen and oxygen atoms in total. The Balaban J connectivity index is 2.00. The number of pyridine rings is 1. The molecule has 3 rings (SSSR count). The standard InChI is InChI=1S/C23H23N3O3/c1-4-15-8-13(2)9-19(23(28)29)21(15)26-18-10-14(3)20(25-12-18)16-6-5-7-17(11-16)22(24)27/h5-12,26H,4H2,1-3H3,(H2,24,27)(H,28,29). The molecule has 1 aromatic heterocycles. The van der Waals surface area contributed by atoms with Crippen LogP contribution in [0.15, 0.2) is 48.7 Å². The number of hydrogen-bond donors (Lipinski definition) is 3. The molecule has 29 heavy (non-hydrogen) atoms. The van der Waals surface area contributed by atoms with Gasteiger partial charge in [0.1, 0.15) is 0 Å². The van der Waals surface area contributed by atoms with Crippen LogP contribution in [0.4, 0.5) is 11.4 Å². The van der Waals surface area contributed by atoms with E-state index in [9.17, 15) is 14.7 Å². The summed E-state index contributed by atoms with van der Waals surface area (Å²) in [7, 11) is 0. The minimum atomic E-state index is -0.976. The van der Waals surface area contributed by atoms with Crippen molar-refractivity contribution in [3.05, 3.63) is 76.5 Å². The molecule has 6 heteroatoms. The van der Waals surface area contributed by atoms with Crippen molar-refractivity contribution in [2.45, 2.75) is 27.2 Å². The predicted octanol–water partition coefficient (Wildman–Crippen LogP) is 4.47. The number of nitrogens with two attached hydrogens (primary N) is 1. The van der Waals surface area contributed by atoms with E-state index in [1.807, 2.05) is 39.0 Å². The molecule has 0 saturated carbocycles. The molecule has 4 N–H and O–H groups in total. The van der Waals surface area contributed by atoms with E-state index in [4.69, 9.17) is 5.73 Å². The number of nitrogens with one attached hydrogen (secondary N) is 1. The average molecular weight is 389 g/mol. The summed E-state index contributed by atoms with van der Waals surface area (Å²) in [4.78, 5) is 27.7. The lowest BCUT2D eigenvalue weighted by atomic mass is 10.0. The van der Waals surface area contributed by atoms with Crippen LogP contribution in [0, 0.1) is 13.8 Å². The summed E-state index contributed by atoms with van der Waals surface area (Å²) in [6.45, 7) is 5.79. The molecule has 2 aromatic carbocycles. The van der Waals surface area contributed by atoms with Crippen molar-refractivity contribution < 1.29 is 14.7 Å². The first-order chi connectivity index (χ1) is 13.8. The third-order valence-electron chi connectivity index (χ3n) is 4.74. The fourth-order valence-electron chi connectivity index (χ4n) is 3.37. The molecule has 0 aliphatic rings. The van der Waals surface area contributed by atoms with Crippen molar-refractivity contribution in [1.82, 2.24) is 4.98 Å². The van der Waals surface area contributed by atoms with Crippen molar-refractivity contribution in [2.75, 3.05) is 5.32 Å². The van der Waals surface area contributed by atoms with Gasteiger partial charge in [-0.2, -0.15) is 0 Å². The zero-order chi connectivity index (χ0) is 21.1.